The Labute approximate surface area is 249 Å². The molecule has 2 aromatic heterocycles. The van der Waals surface area contributed by atoms with Gasteiger partial charge in [-0.2, -0.15) is 0 Å². The Kier molecular flexibility index (Phi) is 7.60. The summed E-state index contributed by atoms with van der Waals surface area (Å²) in [5, 5.41) is 6.32. The van der Waals surface area contributed by atoms with E-state index < -0.39 is 0 Å². The zero-order valence-electron chi connectivity index (χ0n) is 24.3. The van der Waals surface area contributed by atoms with Gasteiger partial charge < -0.3 is 25.3 Å². The average Bonchev–Trinajstić information content (AvgIpc) is 3.51. The van der Waals surface area contributed by atoms with E-state index >= 15 is 0 Å². The molecule has 3 heterocycles. The topological polar surface area (TPSA) is 125 Å². The van der Waals surface area contributed by atoms with Gasteiger partial charge in [-0.25, -0.2) is 15.0 Å². The summed E-state index contributed by atoms with van der Waals surface area (Å²) in [5.74, 6) is 0.785. The molecule has 10 nitrogen and oxygen atoms in total. The minimum atomic E-state index is -0.195. The smallest absolute Gasteiger partial charge is 0.255 e. The van der Waals surface area contributed by atoms with Gasteiger partial charge in [0.05, 0.1) is 19.5 Å². The summed E-state index contributed by atoms with van der Waals surface area (Å²) in [5.41, 5.74) is 5.64. The molecule has 0 saturated carbocycles. The molecule has 3 aromatic carbocycles. The van der Waals surface area contributed by atoms with E-state index in [9.17, 15) is 9.59 Å². The molecule has 218 valence electrons. The molecule has 0 atom stereocenters. The fourth-order valence-corrected chi connectivity index (χ4v) is 4.90. The number of nitrogens with one attached hydrogen (secondary N) is 3. The summed E-state index contributed by atoms with van der Waals surface area (Å²) in [6.07, 6.45) is 1.57. The first kappa shape index (κ1) is 28.0. The highest BCUT2D eigenvalue weighted by Crippen LogP contribution is 2.28. The fraction of sp³-hybridized carbons (Fsp3) is 0.242. The first-order valence-electron chi connectivity index (χ1n) is 14.2. The van der Waals surface area contributed by atoms with E-state index in [-0.39, 0.29) is 17.2 Å². The van der Waals surface area contributed by atoms with Crippen LogP contribution < -0.4 is 10.6 Å². The van der Waals surface area contributed by atoms with E-state index in [2.05, 4.69) is 46.4 Å². The fourth-order valence-electron chi connectivity index (χ4n) is 4.90. The number of hydrogen-bond donors (Lipinski definition) is 3. The van der Waals surface area contributed by atoms with Crippen LogP contribution in [0.4, 0.5) is 17.2 Å². The van der Waals surface area contributed by atoms with Crippen molar-refractivity contribution in [1.29, 1.82) is 0 Å². The van der Waals surface area contributed by atoms with Crippen LogP contribution in [0.2, 0.25) is 0 Å². The molecule has 2 amide bonds. The van der Waals surface area contributed by atoms with Crippen LogP contribution >= 0.6 is 0 Å². The van der Waals surface area contributed by atoms with Gasteiger partial charge in [0, 0.05) is 41.2 Å². The second kappa shape index (κ2) is 11.7. The number of carbonyl (C=O) groups excluding carboxylic acids is 2. The molecule has 0 aliphatic carbocycles. The van der Waals surface area contributed by atoms with E-state index in [4.69, 9.17) is 9.72 Å². The van der Waals surface area contributed by atoms with Gasteiger partial charge in [0.1, 0.15) is 5.52 Å². The summed E-state index contributed by atoms with van der Waals surface area (Å²) in [6, 6.07) is 22.4. The molecule has 1 aliphatic rings. The highest BCUT2D eigenvalue weighted by molar-refractivity contribution is 6.04. The predicted molar refractivity (Wildman–Crippen MR) is 167 cm³/mol. The Hall–Kier alpha value is -5.09. The number of nitrogens with zero attached hydrogens (tertiary/aromatic N) is 4. The number of benzene rings is 3. The molecule has 0 bridgehead atoms. The minimum absolute atomic E-state index is 0.0102. The number of anilines is 3. The number of hydrogen-bond acceptors (Lipinski definition) is 7. The molecule has 1 fully saturated rings. The van der Waals surface area contributed by atoms with Crippen molar-refractivity contribution in [3.8, 4) is 11.4 Å². The van der Waals surface area contributed by atoms with Crippen LogP contribution in [-0.2, 0) is 10.2 Å². The molecule has 1 aliphatic heterocycles. The Morgan fingerprint density at radius 3 is 2.33 bits per heavy atom. The second-order valence-corrected chi connectivity index (χ2v) is 11.5. The summed E-state index contributed by atoms with van der Waals surface area (Å²) in [4.78, 5) is 44.5. The lowest BCUT2D eigenvalue weighted by Crippen LogP contribution is -2.40. The van der Waals surface area contributed by atoms with Crippen molar-refractivity contribution >= 4 is 40.2 Å². The summed E-state index contributed by atoms with van der Waals surface area (Å²) in [7, 11) is 0. The number of carbonyl (C=O) groups is 2. The number of imidazole rings is 1. The molecule has 5 aromatic rings. The van der Waals surface area contributed by atoms with Gasteiger partial charge in [0.15, 0.2) is 17.3 Å². The van der Waals surface area contributed by atoms with Crippen LogP contribution in [0, 0.1) is 0 Å². The summed E-state index contributed by atoms with van der Waals surface area (Å²) >= 11 is 0. The maximum Gasteiger partial charge on any atom is 0.255 e. The summed E-state index contributed by atoms with van der Waals surface area (Å²) < 4.78 is 5.35. The Bertz CT molecular complexity index is 1770. The van der Waals surface area contributed by atoms with Gasteiger partial charge in [-0.05, 0) is 59.5 Å². The molecule has 10 heteroatoms. The number of rotatable bonds is 6. The predicted octanol–water partition coefficient (Wildman–Crippen LogP) is 5.79. The lowest BCUT2D eigenvalue weighted by molar-refractivity contribution is 0.0303. The lowest BCUT2D eigenvalue weighted by Gasteiger charge is -2.26. The Morgan fingerprint density at radius 1 is 0.884 bits per heavy atom. The number of aromatic nitrogens is 4. The first-order valence-corrected chi connectivity index (χ1v) is 14.2. The standard InChI is InChI=1S/C33H33N7O3/c1-33(2,3)24-11-7-21(8-12-24)31(41)37-26-6-4-5-23(19-26)28-38-29-27(34-20-35-29)30(39-28)36-25-13-9-22(10-14-25)32(42)40-15-17-43-18-16-40/h4-14,19-20H,15-18H2,1-3H3,(H,37,41)(H2,34,35,36,38,39). The van der Waals surface area contributed by atoms with Gasteiger partial charge in [0.2, 0.25) is 0 Å². The van der Waals surface area contributed by atoms with E-state index in [1.807, 2.05) is 60.7 Å². The molecule has 0 radical (unpaired) electrons. The number of aromatic amines is 1. The molecule has 3 N–H and O–H groups in total. The van der Waals surface area contributed by atoms with Crippen LogP contribution in [0.25, 0.3) is 22.6 Å². The van der Waals surface area contributed by atoms with E-state index in [1.54, 1.807) is 23.4 Å². The molecule has 0 unspecified atom stereocenters. The van der Waals surface area contributed by atoms with Gasteiger partial charge in [-0.3, -0.25) is 9.59 Å². The Balaban J connectivity index is 1.21. The van der Waals surface area contributed by atoms with Crippen molar-refractivity contribution in [3.63, 3.8) is 0 Å². The van der Waals surface area contributed by atoms with Gasteiger partial charge in [-0.1, -0.05) is 45.0 Å². The average molecular weight is 576 g/mol. The zero-order valence-corrected chi connectivity index (χ0v) is 24.3. The number of ether oxygens (including phenoxy) is 1. The van der Waals surface area contributed by atoms with Crippen molar-refractivity contribution in [2.45, 2.75) is 26.2 Å². The summed E-state index contributed by atoms with van der Waals surface area (Å²) in [6.45, 7) is 8.73. The molecule has 6 rings (SSSR count). The number of H-pyrrole nitrogens is 1. The quantitative estimate of drug-likeness (QED) is 0.234. The van der Waals surface area contributed by atoms with E-state index in [0.29, 0.717) is 65.9 Å². The normalized spacial score (nSPS) is 13.6. The molecular weight excluding hydrogens is 542 g/mol. The largest absolute Gasteiger partial charge is 0.378 e. The first-order chi connectivity index (χ1) is 20.7. The highest BCUT2D eigenvalue weighted by atomic mass is 16.5. The highest BCUT2D eigenvalue weighted by Gasteiger charge is 2.19. The minimum Gasteiger partial charge on any atom is -0.378 e. The van der Waals surface area contributed by atoms with Gasteiger partial charge in [0.25, 0.3) is 11.8 Å². The van der Waals surface area contributed by atoms with Crippen molar-refractivity contribution in [2.24, 2.45) is 0 Å². The van der Waals surface area contributed by atoms with Crippen molar-refractivity contribution in [3.05, 3.63) is 95.8 Å². The monoisotopic (exact) mass is 575 g/mol. The third kappa shape index (κ3) is 6.24. The molecular formula is C33H33N7O3. The maximum atomic E-state index is 13.0. The number of morpholine rings is 1. The van der Waals surface area contributed by atoms with Crippen LogP contribution in [-0.4, -0.2) is 63.0 Å². The molecule has 0 spiro atoms. The van der Waals surface area contributed by atoms with E-state index in [1.165, 1.54) is 5.56 Å². The zero-order chi connectivity index (χ0) is 30.0. The maximum absolute atomic E-state index is 13.0. The third-order valence-electron chi connectivity index (χ3n) is 7.37. The SMILES string of the molecule is CC(C)(C)c1ccc(C(=O)Nc2cccc(-c3nc(Nc4ccc(C(=O)N5CCOCC5)cc4)c4[nH]cnc4n3)c2)cc1. The van der Waals surface area contributed by atoms with Gasteiger partial charge in [-0.15, -0.1) is 0 Å². The lowest BCUT2D eigenvalue weighted by atomic mass is 9.87. The van der Waals surface area contributed by atoms with Crippen LogP contribution in [0.1, 0.15) is 47.1 Å². The van der Waals surface area contributed by atoms with Crippen LogP contribution in [0.5, 0.6) is 0 Å². The molecule has 1 saturated heterocycles. The van der Waals surface area contributed by atoms with Gasteiger partial charge >= 0.3 is 0 Å². The van der Waals surface area contributed by atoms with Crippen molar-refractivity contribution in [2.75, 3.05) is 36.9 Å². The Morgan fingerprint density at radius 2 is 1.60 bits per heavy atom. The number of fused-ring (bicyclic) bond motifs is 1. The van der Waals surface area contributed by atoms with Crippen molar-refractivity contribution < 1.29 is 14.3 Å². The van der Waals surface area contributed by atoms with Crippen LogP contribution in [0.15, 0.2) is 79.1 Å². The second-order valence-electron chi connectivity index (χ2n) is 11.5. The number of amides is 2. The van der Waals surface area contributed by atoms with Crippen LogP contribution in [0.3, 0.4) is 0 Å². The van der Waals surface area contributed by atoms with E-state index in [0.717, 1.165) is 11.3 Å². The van der Waals surface area contributed by atoms with Crippen molar-refractivity contribution in [1.82, 2.24) is 24.8 Å². The molecule has 43 heavy (non-hydrogen) atoms. The third-order valence-corrected chi connectivity index (χ3v) is 7.37.